The zero-order valence-corrected chi connectivity index (χ0v) is 9.75. The first kappa shape index (κ1) is 4.45. The molecule has 0 radical (unpaired) electrons. The molecule has 0 saturated heterocycles. The Hall–Kier alpha value is -0.820. The fourth-order valence-corrected chi connectivity index (χ4v) is 1.40. The molecule has 0 heterocycles. The molecular weight excluding hydrogens is 220 g/mol. The third kappa shape index (κ3) is 3.97. The van der Waals surface area contributed by atoms with Gasteiger partial charge in [-0.05, 0) is 23.9 Å². The fraction of sp³-hybridized carbons (Fsp3) is 0.500. The molecule has 0 aromatic heterocycles. The van der Waals surface area contributed by atoms with Crippen molar-refractivity contribution in [3.8, 4) is 0 Å². The van der Waals surface area contributed by atoms with Crippen LogP contribution in [0.25, 0.3) is 0 Å². The van der Waals surface area contributed by atoms with Gasteiger partial charge in [-0.3, -0.25) is 4.79 Å². The van der Waals surface area contributed by atoms with Crippen molar-refractivity contribution in [2.45, 2.75) is 34.0 Å². The first-order valence-corrected chi connectivity index (χ1v) is 4.98. The molecule has 1 aromatic rings. The predicted octanol–water partition coefficient (Wildman–Crippen LogP) is 4.60. The molecular formula is C14H19ClO. The van der Waals surface area contributed by atoms with Crippen molar-refractivity contribution in [2.24, 2.45) is 11.3 Å². The van der Waals surface area contributed by atoms with E-state index in [1.807, 2.05) is 0 Å². The van der Waals surface area contributed by atoms with Crippen molar-refractivity contribution in [1.29, 1.82) is 0 Å². The molecule has 1 atom stereocenters. The van der Waals surface area contributed by atoms with Crippen molar-refractivity contribution in [2.75, 3.05) is 0 Å². The van der Waals surface area contributed by atoms with Gasteiger partial charge in [-0.2, -0.15) is 0 Å². The molecule has 0 aliphatic rings. The SMILES string of the molecule is [2H]c1c([2H])c(Cl)c([2H])c(C(=O)C([2H])(C)CC(C)(C([2H])([2H])[2H])C([2H])([2H])[2H])c1[2H]. The van der Waals surface area contributed by atoms with Crippen LogP contribution in [0.2, 0.25) is 5.02 Å². The number of ketones is 1. The quantitative estimate of drug-likeness (QED) is 0.716. The smallest absolute Gasteiger partial charge is 0.165 e. The molecule has 0 aliphatic heterocycles. The van der Waals surface area contributed by atoms with Crippen LogP contribution < -0.4 is 0 Å². The summed E-state index contributed by atoms with van der Waals surface area (Å²) in [5.74, 6) is -3.53. The Bertz CT molecular complexity index is 721. The molecule has 0 amide bonds. The van der Waals surface area contributed by atoms with Gasteiger partial charge in [0.1, 0.15) is 0 Å². The van der Waals surface area contributed by atoms with Crippen LogP contribution in [0.3, 0.4) is 0 Å². The Balaban J connectivity index is 3.56. The van der Waals surface area contributed by atoms with E-state index in [1.165, 1.54) is 0 Å². The van der Waals surface area contributed by atoms with Crippen molar-refractivity contribution in [3.05, 3.63) is 34.8 Å². The van der Waals surface area contributed by atoms with Crippen LogP contribution in [0.1, 0.15) is 59.4 Å². The summed E-state index contributed by atoms with van der Waals surface area (Å²) < 4.78 is 84.7. The Kier molecular flexibility index (Phi) is 1.39. The number of benzene rings is 1. The number of hydrogen-bond acceptors (Lipinski definition) is 1. The molecule has 0 N–H and O–H groups in total. The van der Waals surface area contributed by atoms with E-state index in [1.54, 1.807) is 0 Å². The van der Waals surface area contributed by atoms with Crippen LogP contribution in [-0.2, 0) is 0 Å². The molecule has 1 rings (SSSR count). The number of Topliss-reactive ketones (excluding diaryl/α,β-unsaturated/α-hetero) is 1. The van der Waals surface area contributed by atoms with E-state index in [-0.39, 0.29) is 0 Å². The van der Waals surface area contributed by atoms with Crippen molar-refractivity contribution in [3.63, 3.8) is 0 Å². The summed E-state index contributed by atoms with van der Waals surface area (Å²) in [6.07, 6.45) is -0.904. The molecule has 0 saturated carbocycles. The van der Waals surface area contributed by atoms with E-state index in [0.29, 0.717) is 0 Å². The summed E-state index contributed by atoms with van der Waals surface area (Å²) in [6.45, 7) is -4.10. The molecule has 88 valence electrons. The largest absolute Gasteiger partial charge is 0.294 e. The maximum Gasteiger partial charge on any atom is 0.165 e. The maximum absolute atomic E-state index is 12.9. The van der Waals surface area contributed by atoms with Gasteiger partial charge in [0.05, 0.1) is 5.48 Å². The lowest BCUT2D eigenvalue weighted by Gasteiger charge is -2.22. The average molecular weight is 250 g/mol. The second-order valence-electron chi connectivity index (χ2n) is 3.81. The van der Waals surface area contributed by atoms with Crippen LogP contribution in [0.4, 0.5) is 0 Å². The highest BCUT2D eigenvalue weighted by Gasteiger charge is 2.21. The van der Waals surface area contributed by atoms with Gasteiger partial charge in [0, 0.05) is 26.1 Å². The van der Waals surface area contributed by atoms with Gasteiger partial charge < -0.3 is 0 Å². The van der Waals surface area contributed by atoms with E-state index >= 15 is 0 Å². The lowest BCUT2D eigenvalue weighted by atomic mass is 9.82. The lowest BCUT2D eigenvalue weighted by Crippen LogP contribution is -2.18. The minimum absolute atomic E-state index is 0.551. The molecule has 0 spiro atoms. The number of carbonyl (C=O) groups is 1. The number of halogens is 1. The minimum Gasteiger partial charge on any atom is -0.294 e. The number of hydrogen-bond donors (Lipinski definition) is 0. The number of carbonyl (C=O) groups excluding carboxylic acids is 1. The predicted molar refractivity (Wildman–Crippen MR) is 69.0 cm³/mol. The minimum atomic E-state index is -3.02. The Morgan fingerprint density at radius 3 is 3.00 bits per heavy atom. The highest BCUT2D eigenvalue weighted by molar-refractivity contribution is 6.31. The van der Waals surface area contributed by atoms with E-state index < -0.39 is 72.0 Å². The van der Waals surface area contributed by atoms with Crippen molar-refractivity contribution >= 4 is 17.4 Å². The van der Waals surface area contributed by atoms with Crippen molar-refractivity contribution in [1.82, 2.24) is 0 Å². The summed E-state index contributed by atoms with van der Waals surface area (Å²) in [7, 11) is 0. The van der Waals surface area contributed by atoms with Gasteiger partial charge in [-0.15, -0.1) is 0 Å². The molecule has 0 aliphatic carbocycles. The molecule has 0 bridgehead atoms. The second kappa shape index (κ2) is 5.01. The molecule has 0 fully saturated rings. The fourth-order valence-electron chi connectivity index (χ4n) is 1.26. The van der Waals surface area contributed by atoms with Gasteiger partial charge in [-0.1, -0.05) is 51.2 Å². The van der Waals surface area contributed by atoms with E-state index in [0.717, 1.165) is 13.8 Å². The van der Waals surface area contributed by atoms with E-state index in [9.17, 15) is 4.79 Å². The topological polar surface area (TPSA) is 17.1 Å². The van der Waals surface area contributed by atoms with E-state index in [4.69, 9.17) is 26.7 Å². The molecule has 1 unspecified atom stereocenters. The zero-order chi connectivity index (χ0) is 21.7. The first-order valence-electron chi connectivity index (χ1n) is 10.1. The van der Waals surface area contributed by atoms with Crippen LogP contribution in [-0.4, -0.2) is 5.78 Å². The summed E-state index contributed by atoms with van der Waals surface area (Å²) in [5.41, 5.74) is -3.11. The number of rotatable bonds is 3. The van der Waals surface area contributed by atoms with Gasteiger partial charge in [0.15, 0.2) is 5.78 Å². The summed E-state index contributed by atoms with van der Waals surface area (Å²) in [4.78, 5) is 12.9. The second-order valence-corrected chi connectivity index (χ2v) is 4.19. The van der Waals surface area contributed by atoms with Crippen LogP contribution in [0.15, 0.2) is 24.2 Å². The molecule has 1 aromatic carbocycles. The van der Waals surface area contributed by atoms with Gasteiger partial charge in [-0.25, -0.2) is 0 Å². The van der Waals surface area contributed by atoms with Gasteiger partial charge in [0.25, 0.3) is 0 Å². The maximum atomic E-state index is 12.9. The highest BCUT2D eigenvalue weighted by atomic mass is 35.5. The summed E-state index contributed by atoms with van der Waals surface area (Å²) in [5, 5.41) is -0.551. The average Bonchev–Trinajstić information content (AvgIpc) is 2.48. The Morgan fingerprint density at radius 1 is 1.69 bits per heavy atom. The molecule has 1 nitrogen and oxygen atoms in total. The Morgan fingerprint density at radius 2 is 2.38 bits per heavy atom. The first-order chi connectivity index (χ1) is 11.8. The van der Waals surface area contributed by atoms with Crippen LogP contribution in [0, 0.1) is 11.3 Å². The van der Waals surface area contributed by atoms with Gasteiger partial charge in [0.2, 0.25) is 0 Å². The molecule has 16 heavy (non-hydrogen) atoms. The summed E-state index contributed by atoms with van der Waals surface area (Å²) >= 11 is 5.76. The van der Waals surface area contributed by atoms with Crippen LogP contribution in [0.5, 0.6) is 0 Å². The third-order valence-corrected chi connectivity index (χ3v) is 2.02. The third-order valence-electron chi connectivity index (χ3n) is 1.83. The summed E-state index contributed by atoms with van der Waals surface area (Å²) in [6, 6.07) is -2.85. The van der Waals surface area contributed by atoms with Crippen molar-refractivity contribution < 1.29 is 19.9 Å². The zero-order valence-electron chi connectivity index (χ0n) is 20.0. The highest BCUT2D eigenvalue weighted by Crippen LogP contribution is 2.26. The monoisotopic (exact) mass is 249 g/mol. The van der Waals surface area contributed by atoms with Gasteiger partial charge >= 0.3 is 0 Å². The van der Waals surface area contributed by atoms with E-state index in [2.05, 4.69) is 0 Å². The standard InChI is InChI=1S/C14H19ClO/c1-10(9-14(2,3)4)13(16)11-6-5-7-12(15)8-11/h5-8,10H,9H2,1-4H3/i2D3,3D3,5D,6D,7D,8D,10D. The normalized spacial score (nSPS) is 27.1. The van der Waals surface area contributed by atoms with Crippen LogP contribution >= 0.6 is 11.6 Å². The Labute approximate surface area is 118 Å². The molecule has 2 heteroatoms. The lowest BCUT2D eigenvalue weighted by molar-refractivity contribution is 0.0897.